The second-order valence-corrected chi connectivity index (χ2v) is 22.8. The van der Waals surface area contributed by atoms with Crippen molar-refractivity contribution < 1.29 is 0 Å². The van der Waals surface area contributed by atoms with Gasteiger partial charge >= 0.3 is 0 Å². The summed E-state index contributed by atoms with van der Waals surface area (Å²) in [5.74, 6) is 0. The number of hydrogen-bond acceptors (Lipinski definition) is 0. The fourth-order valence-corrected chi connectivity index (χ4v) is 15.3. The zero-order chi connectivity index (χ0) is 42.7. The third-order valence-electron chi connectivity index (χ3n) is 13.6. The van der Waals surface area contributed by atoms with E-state index in [1.54, 1.807) is 54.1 Å². The SMILES string of the molecule is CCCCCCc1cc(CCCCCC)cc([Si](C2=CCC=C2)(c2cc(CCCCCC)cc(CCCCCC)c2)c2cc(CCCCCC)cc(CCCCCC)c2)c1. The van der Waals surface area contributed by atoms with Crippen LogP contribution in [0.1, 0.15) is 235 Å². The maximum atomic E-state index is 2.77. The third-order valence-corrected chi connectivity index (χ3v) is 18.3. The van der Waals surface area contributed by atoms with Crippen LogP contribution in [0.25, 0.3) is 0 Å². The van der Waals surface area contributed by atoms with Crippen LogP contribution in [0.15, 0.2) is 78.0 Å². The first-order chi connectivity index (χ1) is 29.5. The topological polar surface area (TPSA) is 0 Å². The van der Waals surface area contributed by atoms with Crippen LogP contribution in [0.3, 0.4) is 0 Å². The molecule has 0 fully saturated rings. The molecule has 0 aliphatic heterocycles. The van der Waals surface area contributed by atoms with Crippen LogP contribution in [0, 0.1) is 0 Å². The summed E-state index contributed by atoms with van der Waals surface area (Å²) < 4.78 is 0. The Balaban J connectivity index is 2.06. The molecule has 0 saturated carbocycles. The van der Waals surface area contributed by atoms with E-state index in [1.165, 1.54) is 193 Å². The van der Waals surface area contributed by atoms with E-state index in [0.29, 0.717) is 0 Å². The van der Waals surface area contributed by atoms with Gasteiger partial charge in [-0.25, -0.2) is 0 Å². The van der Waals surface area contributed by atoms with Gasteiger partial charge in [0.25, 0.3) is 0 Å². The zero-order valence-corrected chi connectivity index (χ0v) is 41.3. The summed E-state index contributed by atoms with van der Waals surface area (Å²) in [6.07, 6.45) is 47.7. The Kier molecular flexibility index (Phi) is 24.7. The van der Waals surface area contributed by atoms with Crippen molar-refractivity contribution in [3.05, 3.63) is 111 Å². The van der Waals surface area contributed by atoms with Gasteiger partial charge in [-0.05, 0) is 138 Å². The molecule has 1 aliphatic rings. The smallest absolute Gasteiger partial charge is 0.0808 e. The summed E-state index contributed by atoms with van der Waals surface area (Å²) in [7, 11) is -2.73. The van der Waals surface area contributed by atoms with Crippen molar-refractivity contribution >= 4 is 23.6 Å². The van der Waals surface area contributed by atoms with Crippen molar-refractivity contribution in [1.82, 2.24) is 0 Å². The Morgan fingerprint density at radius 3 is 0.767 bits per heavy atom. The molecule has 1 heteroatoms. The number of unbranched alkanes of at least 4 members (excludes halogenated alkanes) is 18. The summed E-state index contributed by atoms with van der Waals surface area (Å²) in [6.45, 7) is 14.1. The standard InChI is InChI=1S/C59H92Si/c1-7-13-19-25-33-50-41-51(34-26-20-14-8-2)45-57(44-50)60(56-39-31-32-40-56,58-46-52(35-27-21-15-9-3)42-53(47-58)36-28-22-16-10-4)59-48-54(37-29-23-17-11-5)43-55(49-59)38-30-24-18-12-6/h31,39-49H,7-30,32-38H2,1-6H3. The molecular weight excluding hydrogens is 737 g/mol. The Morgan fingerprint density at radius 1 is 0.317 bits per heavy atom. The second-order valence-electron chi connectivity index (χ2n) is 19.0. The molecule has 0 bridgehead atoms. The predicted molar refractivity (Wildman–Crippen MR) is 273 cm³/mol. The molecule has 3 aromatic carbocycles. The molecule has 0 heterocycles. The van der Waals surface area contributed by atoms with Crippen LogP contribution < -0.4 is 15.6 Å². The lowest BCUT2D eigenvalue weighted by molar-refractivity contribution is 0.661. The molecule has 0 unspecified atom stereocenters. The molecule has 4 rings (SSSR count). The van der Waals surface area contributed by atoms with Crippen molar-refractivity contribution in [2.45, 2.75) is 241 Å². The first kappa shape index (κ1) is 50.0. The number of aryl methyl sites for hydroxylation is 6. The normalized spacial score (nSPS) is 12.8. The average molecular weight is 829 g/mol. The molecule has 60 heavy (non-hydrogen) atoms. The van der Waals surface area contributed by atoms with Crippen LogP contribution in [0.4, 0.5) is 0 Å². The van der Waals surface area contributed by atoms with Gasteiger partial charge in [0.05, 0.1) is 0 Å². The van der Waals surface area contributed by atoms with Crippen molar-refractivity contribution in [2.75, 3.05) is 0 Å². The van der Waals surface area contributed by atoms with Crippen LogP contribution in [0.2, 0.25) is 0 Å². The van der Waals surface area contributed by atoms with E-state index in [4.69, 9.17) is 0 Å². The third kappa shape index (κ3) is 16.2. The Morgan fingerprint density at radius 2 is 0.567 bits per heavy atom. The van der Waals surface area contributed by atoms with Gasteiger partial charge in [-0.1, -0.05) is 230 Å². The highest BCUT2D eigenvalue weighted by atomic mass is 28.3. The first-order valence-corrected chi connectivity index (χ1v) is 28.3. The molecule has 0 nitrogen and oxygen atoms in total. The van der Waals surface area contributed by atoms with E-state index in [0.717, 1.165) is 6.42 Å². The van der Waals surface area contributed by atoms with E-state index in [9.17, 15) is 0 Å². The lowest BCUT2D eigenvalue weighted by Crippen LogP contribution is -2.68. The summed E-state index contributed by atoms with van der Waals surface area (Å²) >= 11 is 0. The van der Waals surface area contributed by atoms with Crippen LogP contribution >= 0.6 is 0 Å². The Bertz CT molecular complexity index is 1410. The van der Waals surface area contributed by atoms with Crippen LogP contribution in [0.5, 0.6) is 0 Å². The highest BCUT2D eigenvalue weighted by Gasteiger charge is 2.44. The van der Waals surface area contributed by atoms with E-state index in [2.05, 4.69) is 114 Å². The van der Waals surface area contributed by atoms with Gasteiger partial charge in [-0.2, -0.15) is 0 Å². The Hall–Kier alpha value is -2.64. The van der Waals surface area contributed by atoms with Gasteiger partial charge in [0.2, 0.25) is 0 Å². The van der Waals surface area contributed by atoms with Crippen molar-refractivity contribution in [3.63, 3.8) is 0 Å². The molecule has 0 saturated heterocycles. The molecule has 3 aromatic rings. The number of allylic oxidation sites excluding steroid dienone is 4. The van der Waals surface area contributed by atoms with Crippen LogP contribution in [-0.2, 0) is 38.5 Å². The molecule has 0 atom stereocenters. The van der Waals surface area contributed by atoms with Crippen molar-refractivity contribution in [3.8, 4) is 0 Å². The maximum absolute atomic E-state index is 2.77. The van der Waals surface area contributed by atoms with Gasteiger partial charge in [0.1, 0.15) is 0 Å². The van der Waals surface area contributed by atoms with E-state index < -0.39 is 8.07 Å². The minimum absolute atomic E-state index is 1.06. The van der Waals surface area contributed by atoms with Crippen LogP contribution in [-0.4, -0.2) is 8.07 Å². The lowest BCUT2D eigenvalue weighted by Gasteiger charge is -2.37. The zero-order valence-electron chi connectivity index (χ0n) is 40.3. The van der Waals surface area contributed by atoms with E-state index in [1.807, 2.05) is 0 Å². The van der Waals surface area contributed by atoms with Gasteiger partial charge in [0.15, 0.2) is 8.07 Å². The monoisotopic (exact) mass is 829 g/mol. The van der Waals surface area contributed by atoms with Crippen molar-refractivity contribution in [1.29, 1.82) is 0 Å². The summed E-state index contributed by atoms with van der Waals surface area (Å²) in [5.41, 5.74) is 9.58. The fraction of sp³-hybridized carbons (Fsp3) is 0.627. The van der Waals surface area contributed by atoms with E-state index in [-0.39, 0.29) is 0 Å². The van der Waals surface area contributed by atoms with Gasteiger partial charge in [-0.3, -0.25) is 0 Å². The van der Waals surface area contributed by atoms with Gasteiger partial charge in [0, 0.05) is 0 Å². The number of benzene rings is 3. The van der Waals surface area contributed by atoms with Gasteiger partial charge < -0.3 is 0 Å². The maximum Gasteiger partial charge on any atom is 0.179 e. The summed E-state index contributed by atoms with van der Waals surface area (Å²) in [5, 5.41) is 6.64. The Labute approximate surface area is 374 Å². The first-order valence-electron chi connectivity index (χ1n) is 26.3. The molecule has 0 aromatic heterocycles. The largest absolute Gasteiger partial charge is 0.179 e. The number of hydrogen-bond donors (Lipinski definition) is 0. The molecule has 1 aliphatic carbocycles. The molecule has 0 radical (unpaired) electrons. The molecule has 0 N–H and O–H groups in total. The van der Waals surface area contributed by atoms with Crippen molar-refractivity contribution in [2.24, 2.45) is 0 Å². The minimum atomic E-state index is -2.73. The minimum Gasteiger partial charge on any atom is -0.0808 e. The van der Waals surface area contributed by atoms with Gasteiger partial charge in [-0.15, -0.1) is 0 Å². The molecule has 332 valence electrons. The summed E-state index contributed by atoms with van der Waals surface area (Å²) in [4.78, 5) is 0. The molecule has 0 spiro atoms. The predicted octanol–water partition coefficient (Wildman–Crippen LogP) is 16.3. The summed E-state index contributed by atoms with van der Waals surface area (Å²) in [6, 6.07) is 24.5. The molecular formula is C59H92Si. The highest BCUT2D eigenvalue weighted by Crippen LogP contribution is 2.28. The lowest BCUT2D eigenvalue weighted by atomic mass is 10.00. The average Bonchev–Trinajstić information content (AvgIpc) is 3.80. The highest BCUT2D eigenvalue weighted by molar-refractivity contribution is 7.16. The fourth-order valence-electron chi connectivity index (χ4n) is 10.1. The van der Waals surface area contributed by atoms with E-state index >= 15 is 0 Å². The number of rotatable bonds is 34. The molecule has 0 amide bonds. The quantitative estimate of drug-likeness (QED) is 0.0320. The second kappa shape index (κ2) is 29.6.